The summed E-state index contributed by atoms with van der Waals surface area (Å²) >= 11 is 5.29. The van der Waals surface area contributed by atoms with Gasteiger partial charge in [-0.1, -0.05) is 51.2 Å². The van der Waals surface area contributed by atoms with Crippen LogP contribution in [0.25, 0.3) is 0 Å². The molecule has 2 N–H and O–H groups in total. The van der Waals surface area contributed by atoms with E-state index in [0.29, 0.717) is 10.6 Å². The van der Waals surface area contributed by atoms with Crippen molar-refractivity contribution in [1.82, 2.24) is 9.97 Å². The Morgan fingerprint density at radius 3 is 2.84 bits per heavy atom. The molecule has 1 aromatic heterocycles. The van der Waals surface area contributed by atoms with Crippen molar-refractivity contribution in [2.75, 3.05) is 11.9 Å². The fourth-order valence-corrected chi connectivity index (χ4v) is 2.96. The van der Waals surface area contributed by atoms with E-state index < -0.39 is 0 Å². The molecule has 3 nitrogen and oxygen atoms in total. The third-order valence-corrected chi connectivity index (χ3v) is 4.06. The van der Waals surface area contributed by atoms with Crippen molar-refractivity contribution in [3.8, 4) is 0 Å². The lowest BCUT2D eigenvalue weighted by molar-refractivity contribution is 0.428. The molecule has 4 heteroatoms. The summed E-state index contributed by atoms with van der Waals surface area (Å²) in [4.78, 5) is 7.96. The maximum absolute atomic E-state index is 5.29. The fraction of sp³-hybridized carbons (Fsp3) is 0.733. The van der Waals surface area contributed by atoms with Crippen molar-refractivity contribution >= 4 is 18.0 Å². The van der Waals surface area contributed by atoms with Crippen LogP contribution in [0, 0.1) is 4.64 Å². The minimum atomic E-state index is 0.577. The first kappa shape index (κ1) is 14.5. The highest BCUT2D eigenvalue weighted by Gasteiger charge is 2.17. The largest absolute Gasteiger partial charge is 0.372 e. The Balaban J connectivity index is 1.99. The van der Waals surface area contributed by atoms with Crippen molar-refractivity contribution in [3.63, 3.8) is 0 Å². The third kappa shape index (κ3) is 4.60. The fourth-order valence-electron chi connectivity index (χ4n) is 2.74. The van der Waals surface area contributed by atoms with Crippen LogP contribution in [0.2, 0.25) is 0 Å². The lowest BCUT2D eigenvalue weighted by atomic mass is 9.89. The zero-order valence-corrected chi connectivity index (χ0v) is 12.7. The Labute approximate surface area is 121 Å². The van der Waals surface area contributed by atoms with E-state index in [9.17, 15) is 0 Å². The number of aromatic nitrogens is 2. The molecule has 0 bridgehead atoms. The Kier molecular flexibility index (Phi) is 5.83. The van der Waals surface area contributed by atoms with E-state index in [1.807, 2.05) is 6.07 Å². The van der Waals surface area contributed by atoms with Gasteiger partial charge in [0.1, 0.15) is 16.3 Å². The van der Waals surface area contributed by atoms with Crippen molar-refractivity contribution < 1.29 is 0 Å². The molecule has 0 spiro atoms. The molecule has 1 aromatic rings. The quantitative estimate of drug-likeness (QED) is 0.581. The number of aromatic amines is 1. The molecular formula is C15H25N3S. The first-order chi connectivity index (χ1) is 9.29. The Morgan fingerprint density at radius 1 is 1.32 bits per heavy atom. The standard InChI is InChI=1S/C15H25N3S/c1-2-3-7-10-16-13-11-14(19)18-15(17-13)12-8-5-4-6-9-12/h11-12H,2-10H2,1H3,(H2,16,17,18,19). The Morgan fingerprint density at radius 2 is 2.11 bits per heavy atom. The summed E-state index contributed by atoms with van der Waals surface area (Å²) in [5, 5.41) is 3.44. The average Bonchev–Trinajstić information content (AvgIpc) is 2.44. The zero-order chi connectivity index (χ0) is 13.5. The number of hydrogen-bond donors (Lipinski definition) is 2. The predicted molar refractivity (Wildman–Crippen MR) is 83.3 cm³/mol. The van der Waals surface area contributed by atoms with E-state index >= 15 is 0 Å². The van der Waals surface area contributed by atoms with E-state index in [0.717, 1.165) is 18.2 Å². The molecule has 1 saturated carbocycles. The summed E-state index contributed by atoms with van der Waals surface area (Å²) in [6.07, 6.45) is 10.2. The second kappa shape index (κ2) is 7.63. The van der Waals surface area contributed by atoms with Crippen molar-refractivity contribution in [3.05, 3.63) is 16.5 Å². The van der Waals surface area contributed by atoms with E-state index in [-0.39, 0.29) is 0 Å². The van der Waals surface area contributed by atoms with Gasteiger partial charge < -0.3 is 10.3 Å². The molecule has 2 rings (SSSR count). The van der Waals surface area contributed by atoms with Crippen LogP contribution in [0.15, 0.2) is 6.07 Å². The van der Waals surface area contributed by atoms with Gasteiger partial charge >= 0.3 is 0 Å². The molecule has 1 aliphatic carbocycles. The smallest absolute Gasteiger partial charge is 0.131 e. The second-order valence-corrected chi connectivity index (χ2v) is 5.91. The highest BCUT2D eigenvalue weighted by atomic mass is 32.1. The normalized spacial score (nSPS) is 16.5. The minimum absolute atomic E-state index is 0.577. The van der Waals surface area contributed by atoms with E-state index in [1.54, 1.807) is 0 Å². The maximum Gasteiger partial charge on any atom is 0.131 e. The average molecular weight is 279 g/mol. The van der Waals surface area contributed by atoms with Crippen LogP contribution in [0.5, 0.6) is 0 Å². The van der Waals surface area contributed by atoms with Crippen LogP contribution in [0.4, 0.5) is 5.82 Å². The molecule has 0 aromatic carbocycles. The van der Waals surface area contributed by atoms with Gasteiger partial charge in [0.25, 0.3) is 0 Å². The van der Waals surface area contributed by atoms with E-state index in [4.69, 9.17) is 12.2 Å². The first-order valence-corrected chi connectivity index (χ1v) is 8.05. The summed E-state index contributed by atoms with van der Waals surface area (Å²) < 4.78 is 0.706. The van der Waals surface area contributed by atoms with Gasteiger partial charge in [0.15, 0.2) is 0 Å². The number of hydrogen-bond acceptors (Lipinski definition) is 3. The summed E-state index contributed by atoms with van der Waals surface area (Å²) in [6, 6.07) is 1.94. The van der Waals surface area contributed by atoms with Gasteiger partial charge in [-0.2, -0.15) is 0 Å². The molecule has 1 heterocycles. The topological polar surface area (TPSA) is 40.7 Å². The van der Waals surface area contributed by atoms with Crippen molar-refractivity contribution in [2.45, 2.75) is 64.2 Å². The molecule has 0 atom stereocenters. The number of nitrogens with one attached hydrogen (secondary N) is 2. The monoisotopic (exact) mass is 279 g/mol. The van der Waals surface area contributed by atoms with Crippen LogP contribution in [-0.4, -0.2) is 16.5 Å². The predicted octanol–water partition coefficient (Wildman–Crippen LogP) is 4.79. The maximum atomic E-state index is 5.29. The summed E-state index contributed by atoms with van der Waals surface area (Å²) in [7, 11) is 0. The van der Waals surface area contributed by atoms with Gasteiger partial charge in [-0.25, -0.2) is 4.98 Å². The van der Waals surface area contributed by atoms with Crippen molar-refractivity contribution in [2.24, 2.45) is 0 Å². The third-order valence-electron chi connectivity index (χ3n) is 3.85. The molecule has 0 unspecified atom stereocenters. The van der Waals surface area contributed by atoms with Gasteiger partial charge in [-0.05, 0) is 19.3 Å². The number of rotatable bonds is 6. The number of anilines is 1. The second-order valence-electron chi connectivity index (χ2n) is 5.49. The van der Waals surface area contributed by atoms with Crippen LogP contribution in [-0.2, 0) is 0 Å². The van der Waals surface area contributed by atoms with Crippen LogP contribution >= 0.6 is 12.2 Å². The molecule has 106 valence electrons. The summed E-state index contributed by atoms with van der Waals surface area (Å²) in [5.74, 6) is 2.70. The molecule has 0 saturated heterocycles. The van der Waals surface area contributed by atoms with Crippen LogP contribution in [0.1, 0.15) is 70.0 Å². The Bertz CT molecular complexity index is 435. The lowest BCUT2D eigenvalue weighted by Crippen LogP contribution is -2.11. The van der Waals surface area contributed by atoms with Gasteiger partial charge in [0, 0.05) is 18.5 Å². The van der Waals surface area contributed by atoms with Gasteiger partial charge in [0.2, 0.25) is 0 Å². The Hall–Kier alpha value is -0.900. The van der Waals surface area contributed by atoms with Crippen molar-refractivity contribution in [1.29, 1.82) is 0 Å². The molecule has 1 fully saturated rings. The molecule has 0 amide bonds. The van der Waals surface area contributed by atoms with Crippen LogP contribution < -0.4 is 5.32 Å². The highest BCUT2D eigenvalue weighted by molar-refractivity contribution is 7.71. The number of unbranched alkanes of at least 4 members (excludes halogenated alkanes) is 2. The summed E-state index contributed by atoms with van der Waals surface area (Å²) in [5.41, 5.74) is 0. The molecule has 0 radical (unpaired) electrons. The van der Waals surface area contributed by atoms with Gasteiger partial charge in [-0.3, -0.25) is 0 Å². The molecular weight excluding hydrogens is 254 g/mol. The summed E-state index contributed by atoms with van der Waals surface area (Å²) in [6.45, 7) is 3.23. The van der Waals surface area contributed by atoms with Crippen LogP contribution in [0.3, 0.4) is 0 Å². The minimum Gasteiger partial charge on any atom is -0.372 e. The van der Waals surface area contributed by atoms with E-state index in [2.05, 4.69) is 22.2 Å². The molecule has 19 heavy (non-hydrogen) atoms. The first-order valence-electron chi connectivity index (χ1n) is 7.64. The number of H-pyrrole nitrogens is 1. The SMILES string of the molecule is CCCCCNc1cc(=S)nc(C2CCCCC2)[nH]1. The number of nitrogens with zero attached hydrogens (tertiary/aromatic N) is 1. The van der Waals surface area contributed by atoms with Gasteiger partial charge in [-0.15, -0.1) is 0 Å². The molecule has 1 aliphatic rings. The van der Waals surface area contributed by atoms with E-state index in [1.165, 1.54) is 51.4 Å². The zero-order valence-electron chi connectivity index (χ0n) is 11.9. The van der Waals surface area contributed by atoms with Gasteiger partial charge in [0.05, 0.1) is 0 Å². The molecule has 0 aliphatic heterocycles. The lowest BCUT2D eigenvalue weighted by Gasteiger charge is -2.21. The highest BCUT2D eigenvalue weighted by Crippen LogP contribution is 2.30.